The molecule has 7 heteroatoms. The summed E-state index contributed by atoms with van der Waals surface area (Å²) in [6.45, 7) is -0.929. The van der Waals surface area contributed by atoms with Crippen molar-refractivity contribution in [2.45, 2.75) is 6.43 Å². The van der Waals surface area contributed by atoms with E-state index in [1.54, 1.807) is 12.1 Å². The fourth-order valence-electron chi connectivity index (χ4n) is 2.35. The van der Waals surface area contributed by atoms with Crippen molar-refractivity contribution >= 4 is 17.5 Å². The minimum absolute atomic E-state index is 0.166. The number of rotatable bonds is 4. The minimum atomic E-state index is -2.74. The fraction of sp³-hybridized carbons (Fsp3) is 0.125. The monoisotopic (exact) mass is 321 g/mol. The molecule has 0 radical (unpaired) electrons. The number of anilines is 1. The van der Waals surface area contributed by atoms with Gasteiger partial charge in [0.25, 0.3) is 18.2 Å². The van der Waals surface area contributed by atoms with Gasteiger partial charge in [0.2, 0.25) is 0 Å². The molecule has 0 bridgehead atoms. The van der Waals surface area contributed by atoms with Gasteiger partial charge in [-0.3, -0.25) is 9.59 Å². The Balaban J connectivity index is 2.04. The highest BCUT2D eigenvalue weighted by molar-refractivity contribution is 6.34. The lowest BCUT2D eigenvalue weighted by molar-refractivity contribution is 0.0817. The van der Waals surface area contributed by atoms with Gasteiger partial charge in [0.15, 0.2) is 0 Å². The van der Waals surface area contributed by atoms with Gasteiger partial charge in [0, 0.05) is 6.07 Å². The van der Waals surface area contributed by atoms with E-state index >= 15 is 0 Å². The summed E-state index contributed by atoms with van der Waals surface area (Å²) >= 11 is 0. The fourth-order valence-corrected chi connectivity index (χ4v) is 2.35. The second-order valence-electron chi connectivity index (χ2n) is 4.81. The van der Waals surface area contributed by atoms with E-state index in [1.807, 2.05) is 0 Å². The number of amides is 2. The highest BCUT2D eigenvalue weighted by Gasteiger charge is 2.38. The lowest BCUT2D eigenvalue weighted by atomic mass is 10.1. The Kier molecular flexibility index (Phi) is 3.77. The first kappa shape index (κ1) is 15.1. The first-order valence-corrected chi connectivity index (χ1v) is 6.67. The number of benzene rings is 2. The number of hydrogen-bond acceptors (Lipinski definition) is 3. The topological polar surface area (TPSA) is 46.6 Å². The van der Waals surface area contributed by atoms with Crippen LogP contribution in [0.15, 0.2) is 42.5 Å². The van der Waals surface area contributed by atoms with E-state index in [4.69, 9.17) is 4.74 Å². The molecular formula is C16H10F3NO3. The maximum Gasteiger partial charge on any atom is 0.272 e. The third-order valence-electron chi connectivity index (χ3n) is 3.32. The molecule has 0 spiro atoms. The summed E-state index contributed by atoms with van der Waals surface area (Å²) in [6, 6.07) is 9.13. The van der Waals surface area contributed by atoms with Crippen LogP contribution >= 0.6 is 0 Å². The molecule has 118 valence electrons. The molecule has 0 unspecified atom stereocenters. The Morgan fingerprint density at radius 3 is 2.17 bits per heavy atom. The summed E-state index contributed by atoms with van der Waals surface area (Å²) in [4.78, 5) is 25.5. The van der Waals surface area contributed by atoms with Crippen LogP contribution in [-0.4, -0.2) is 24.8 Å². The lowest BCUT2D eigenvalue weighted by Crippen LogP contribution is -2.30. The van der Waals surface area contributed by atoms with Crippen LogP contribution in [0.25, 0.3) is 0 Å². The van der Waals surface area contributed by atoms with Crippen LogP contribution in [0.5, 0.6) is 5.75 Å². The largest absolute Gasteiger partial charge is 0.485 e. The van der Waals surface area contributed by atoms with E-state index < -0.39 is 30.7 Å². The Bertz CT molecular complexity index is 757. The number of nitrogens with zero attached hydrogens (tertiary/aromatic N) is 1. The van der Waals surface area contributed by atoms with E-state index in [9.17, 15) is 22.8 Å². The lowest BCUT2D eigenvalue weighted by Gasteiger charge is -2.18. The Morgan fingerprint density at radius 1 is 1.00 bits per heavy atom. The first-order chi connectivity index (χ1) is 11.0. The zero-order valence-electron chi connectivity index (χ0n) is 11.6. The number of imide groups is 1. The molecule has 1 heterocycles. The van der Waals surface area contributed by atoms with Crippen LogP contribution in [0.2, 0.25) is 0 Å². The molecule has 3 rings (SSSR count). The standard InChI is InChI=1S/C16H10F3NO3/c17-9-5-6-13(23-8-14(18)19)12(7-9)20-15(21)10-3-1-2-4-11(10)16(20)22/h1-7,14H,8H2. The van der Waals surface area contributed by atoms with Crippen LogP contribution in [0, 0.1) is 5.82 Å². The SMILES string of the molecule is O=C1c2ccccc2C(=O)N1c1cc(F)ccc1OCC(F)F. The number of carbonyl (C=O) groups excluding carboxylic acids is 2. The van der Waals surface area contributed by atoms with Crippen LogP contribution in [0.3, 0.4) is 0 Å². The van der Waals surface area contributed by atoms with Crippen molar-refractivity contribution in [1.29, 1.82) is 0 Å². The summed E-state index contributed by atoms with van der Waals surface area (Å²) < 4.78 is 43.1. The molecule has 1 aliphatic rings. The second-order valence-corrected chi connectivity index (χ2v) is 4.81. The summed E-state index contributed by atoms with van der Waals surface area (Å²) in [5, 5.41) is 0. The van der Waals surface area contributed by atoms with E-state index in [-0.39, 0.29) is 22.6 Å². The van der Waals surface area contributed by atoms with Gasteiger partial charge in [-0.1, -0.05) is 12.1 Å². The zero-order chi connectivity index (χ0) is 16.6. The summed E-state index contributed by atoms with van der Waals surface area (Å²) in [7, 11) is 0. The van der Waals surface area contributed by atoms with E-state index in [1.165, 1.54) is 12.1 Å². The van der Waals surface area contributed by atoms with Gasteiger partial charge >= 0.3 is 0 Å². The molecule has 23 heavy (non-hydrogen) atoms. The quantitative estimate of drug-likeness (QED) is 0.812. The molecule has 1 aliphatic heterocycles. The van der Waals surface area contributed by atoms with Crippen molar-refractivity contribution in [2.24, 2.45) is 0 Å². The van der Waals surface area contributed by atoms with Crippen molar-refractivity contribution in [3.63, 3.8) is 0 Å². The van der Waals surface area contributed by atoms with Crippen LogP contribution in [-0.2, 0) is 0 Å². The van der Waals surface area contributed by atoms with Gasteiger partial charge in [0.05, 0.1) is 16.8 Å². The molecule has 0 aliphatic carbocycles. The van der Waals surface area contributed by atoms with Gasteiger partial charge in [-0.05, 0) is 24.3 Å². The molecule has 0 fully saturated rings. The number of ether oxygens (including phenoxy) is 1. The summed E-state index contributed by atoms with van der Waals surface area (Å²) in [5.74, 6) is -2.20. The maximum atomic E-state index is 13.5. The maximum absolute atomic E-state index is 13.5. The van der Waals surface area contributed by atoms with Crippen molar-refractivity contribution in [2.75, 3.05) is 11.5 Å². The molecule has 2 aromatic rings. The minimum Gasteiger partial charge on any atom is -0.485 e. The average molecular weight is 321 g/mol. The van der Waals surface area contributed by atoms with Crippen molar-refractivity contribution in [3.8, 4) is 5.75 Å². The molecule has 0 saturated carbocycles. The predicted molar refractivity (Wildman–Crippen MR) is 75.5 cm³/mol. The van der Waals surface area contributed by atoms with Gasteiger partial charge in [-0.2, -0.15) is 0 Å². The van der Waals surface area contributed by atoms with Gasteiger partial charge in [-0.25, -0.2) is 18.1 Å². The van der Waals surface area contributed by atoms with Gasteiger partial charge in [-0.15, -0.1) is 0 Å². The number of halogens is 3. The molecule has 0 N–H and O–H groups in total. The number of carbonyl (C=O) groups is 2. The number of fused-ring (bicyclic) bond motifs is 1. The smallest absolute Gasteiger partial charge is 0.272 e. The van der Waals surface area contributed by atoms with Crippen molar-refractivity contribution in [3.05, 3.63) is 59.4 Å². The first-order valence-electron chi connectivity index (χ1n) is 6.67. The Morgan fingerprint density at radius 2 is 1.61 bits per heavy atom. The van der Waals surface area contributed by atoms with Gasteiger partial charge < -0.3 is 4.74 Å². The molecule has 4 nitrogen and oxygen atoms in total. The van der Waals surface area contributed by atoms with Crippen LogP contribution in [0.1, 0.15) is 20.7 Å². The second kappa shape index (κ2) is 5.75. The molecule has 2 aromatic carbocycles. The summed E-state index contributed by atoms with van der Waals surface area (Å²) in [5.41, 5.74) is 0.139. The highest BCUT2D eigenvalue weighted by Crippen LogP contribution is 2.35. The average Bonchev–Trinajstić information content (AvgIpc) is 2.78. The van der Waals surface area contributed by atoms with E-state index in [0.29, 0.717) is 0 Å². The number of alkyl halides is 2. The van der Waals surface area contributed by atoms with Crippen molar-refractivity contribution < 1.29 is 27.5 Å². The zero-order valence-corrected chi connectivity index (χ0v) is 11.6. The van der Waals surface area contributed by atoms with Gasteiger partial charge in [0.1, 0.15) is 18.2 Å². The molecule has 2 amide bonds. The molecule has 0 saturated heterocycles. The van der Waals surface area contributed by atoms with Crippen LogP contribution < -0.4 is 9.64 Å². The third kappa shape index (κ3) is 2.65. The Hall–Kier alpha value is -2.83. The molecular weight excluding hydrogens is 311 g/mol. The van der Waals surface area contributed by atoms with Crippen molar-refractivity contribution in [1.82, 2.24) is 0 Å². The van der Waals surface area contributed by atoms with Crippen LogP contribution in [0.4, 0.5) is 18.9 Å². The number of hydrogen-bond donors (Lipinski definition) is 0. The molecule has 0 aromatic heterocycles. The summed E-state index contributed by atoms with van der Waals surface area (Å²) in [6.07, 6.45) is -2.74. The third-order valence-corrected chi connectivity index (χ3v) is 3.32. The highest BCUT2D eigenvalue weighted by atomic mass is 19.3. The van der Waals surface area contributed by atoms with E-state index in [2.05, 4.69) is 0 Å². The Labute approximate surface area is 129 Å². The predicted octanol–water partition coefficient (Wildman–Crippen LogP) is 3.27. The van der Waals surface area contributed by atoms with E-state index in [0.717, 1.165) is 23.1 Å². The molecule has 0 atom stereocenters. The normalized spacial score (nSPS) is 13.7.